The van der Waals surface area contributed by atoms with E-state index in [-0.39, 0.29) is 5.91 Å². The summed E-state index contributed by atoms with van der Waals surface area (Å²) in [5, 5.41) is 1.04. The monoisotopic (exact) mass is 304 g/mol. The van der Waals surface area contributed by atoms with E-state index in [1.807, 2.05) is 73.3 Å². The number of amides is 1. The van der Waals surface area contributed by atoms with Crippen LogP contribution in [0, 0.1) is 0 Å². The summed E-state index contributed by atoms with van der Waals surface area (Å²) in [6.45, 7) is 5.34. The number of benzene rings is 2. The molecule has 0 aliphatic rings. The topological polar surface area (TPSA) is 33.2 Å². The summed E-state index contributed by atoms with van der Waals surface area (Å²) < 4.78 is 0. The lowest BCUT2D eigenvalue weighted by Crippen LogP contribution is -2.31. The Labute approximate surface area is 136 Å². The fraction of sp³-hybridized carbons (Fsp3) is 0.200. The van der Waals surface area contributed by atoms with Crippen LogP contribution in [0.1, 0.15) is 24.3 Å². The number of pyridine rings is 1. The number of rotatable bonds is 4. The molecule has 23 heavy (non-hydrogen) atoms. The molecule has 0 fully saturated rings. The van der Waals surface area contributed by atoms with Crippen molar-refractivity contribution in [1.29, 1.82) is 0 Å². The molecule has 3 aromatic rings. The zero-order valence-corrected chi connectivity index (χ0v) is 13.5. The second-order valence-corrected chi connectivity index (χ2v) is 5.42. The van der Waals surface area contributed by atoms with Crippen LogP contribution in [0.3, 0.4) is 0 Å². The number of hydrogen-bond acceptors (Lipinski definition) is 2. The molecule has 0 saturated heterocycles. The van der Waals surface area contributed by atoms with E-state index < -0.39 is 0 Å². The fourth-order valence-electron chi connectivity index (χ4n) is 2.78. The number of hydrogen-bond donors (Lipinski definition) is 0. The van der Waals surface area contributed by atoms with Crippen LogP contribution in [0.2, 0.25) is 0 Å². The van der Waals surface area contributed by atoms with E-state index in [0.29, 0.717) is 18.8 Å². The summed E-state index contributed by atoms with van der Waals surface area (Å²) in [5.74, 6) is -0.0143. The van der Waals surface area contributed by atoms with Crippen LogP contribution in [0.25, 0.3) is 22.0 Å². The average Bonchev–Trinajstić information content (AvgIpc) is 2.62. The minimum atomic E-state index is -0.0143. The first-order valence-corrected chi connectivity index (χ1v) is 7.99. The molecule has 1 aromatic heterocycles. The number of carbonyl (C=O) groups is 1. The zero-order chi connectivity index (χ0) is 16.2. The first kappa shape index (κ1) is 15.2. The maximum Gasteiger partial charge on any atom is 0.273 e. The van der Waals surface area contributed by atoms with Crippen LogP contribution in [0.5, 0.6) is 0 Å². The first-order chi connectivity index (χ1) is 11.2. The van der Waals surface area contributed by atoms with Gasteiger partial charge in [-0.25, -0.2) is 4.98 Å². The molecule has 1 heterocycles. The van der Waals surface area contributed by atoms with E-state index in [0.717, 1.165) is 22.0 Å². The van der Waals surface area contributed by atoms with Crippen LogP contribution in [-0.2, 0) is 0 Å². The molecule has 1 amide bonds. The molecular formula is C20H20N2O. The van der Waals surface area contributed by atoms with Gasteiger partial charge in [0, 0.05) is 24.0 Å². The highest BCUT2D eigenvalue weighted by molar-refractivity contribution is 6.02. The van der Waals surface area contributed by atoms with Crippen LogP contribution in [-0.4, -0.2) is 28.9 Å². The lowest BCUT2D eigenvalue weighted by Gasteiger charge is -2.20. The number of aromatic nitrogens is 1. The second kappa shape index (κ2) is 6.61. The van der Waals surface area contributed by atoms with Gasteiger partial charge in [0.25, 0.3) is 5.91 Å². The van der Waals surface area contributed by atoms with Crippen molar-refractivity contribution < 1.29 is 4.79 Å². The lowest BCUT2D eigenvalue weighted by molar-refractivity contribution is 0.0768. The molecule has 2 aromatic carbocycles. The number of fused-ring (bicyclic) bond motifs is 1. The maximum atomic E-state index is 12.9. The highest BCUT2D eigenvalue weighted by atomic mass is 16.2. The summed E-state index contributed by atoms with van der Waals surface area (Å²) in [7, 11) is 0. The molecule has 0 unspecified atom stereocenters. The molecule has 3 nitrogen and oxygen atoms in total. The Hall–Kier alpha value is -2.68. The van der Waals surface area contributed by atoms with Crippen molar-refractivity contribution in [1.82, 2.24) is 9.88 Å². The quantitative estimate of drug-likeness (QED) is 0.716. The van der Waals surface area contributed by atoms with Gasteiger partial charge >= 0.3 is 0 Å². The highest BCUT2D eigenvalue weighted by Crippen LogP contribution is 2.27. The standard InChI is InChI=1S/C20H20N2O/c1-3-22(4-2)20(23)19-17(15-10-6-5-7-11-15)14-16-12-8-9-13-18(16)21-19/h5-14H,3-4H2,1-2H3. The molecule has 3 rings (SSSR count). The third kappa shape index (κ3) is 2.95. The molecule has 0 aliphatic carbocycles. The van der Waals surface area contributed by atoms with Crippen molar-refractivity contribution >= 4 is 16.8 Å². The maximum absolute atomic E-state index is 12.9. The average molecular weight is 304 g/mol. The molecular weight excluding hydrogens is 284 g/mol. The largest absolute Gasteiger partial charge is 0.338 e. The Bertz CT molecular complexity index is 823. The molecule has 0 radical (unpaired) electrons. The molecule has 0 saturated carbocycles. The van der Waals surface area contributed by atoms with Gasteiger partial charge in [-0.2, -0.15) is 0 Å². The van der Waals surface area contributed by atoms with Gasteiger partial charge in [-0.1, -0.05) is 48.5 Å². The summed E-state index contributed by atoms with van der Waals surface area (Å²) in [5.41, 5.74) is 3.28. The van der Waals surface area contributed by atoms with Crippen LogP contribution in [0.4, 0.5) is 0 Å². The van der Waals surface area contributed by atoms with Gasteiger partial charge in [-0.3, -0.25) is 4.79 Å². The van der Waals surface area contributed by atoms with E-state index in [2.05, 4.69) is 11.1 Å². The van der Waals surface area contributed by atoms with Gasteiger partial charge < -0.3 is 4.90 Å². The Morgan fingerprint density at radius 3 is 2.30 bits per heavy atom. The minimum absolute atomic E-state index is 0.0143. The summed E-state index contributed by atoms with van der Waals surface area (Å²) in [6, 6.07) is 20.0. The molecule has 0 spiro atoms. The molecule has 3 heteroatoms. The van der Waals surface area contributed by atoms with Crippen molar-refractivity contribution in [3.8, 4) is 11.1 Å². The lowest BCUT2D eigenvalue weighted by atomic mass is 10.0. The van der Waals surface area contributed by atoms with Crippen molar-refractivity contribution in [3.63, 3.8) is 0 Å². The van der Waals surface area contributed by atoms with E-state index >= 15 is 0 Å². The highest BCUT2D eigenvalue weighted by Gasteiger charge is 2.20. The van der Waals surface area contributed by atoms with Gasteiger partial charge in [-0.05, 0) is 31.5 Å². The van der Waals surface area contributed by atoms with Gasteiger partial charge in [0.05, 0.1) is 5.52 Å². The van der Waals surface area contributed by atoms with Crippen molar-refractivity contribution in [2.24, 2.45) is 0 Å². The molecule has 0 bridgehead atoms. The molecule has 0 aliphatic heterocycles. The Balaban J connectivity index is 2.23. The Kier molecular flexibility index (Phi) is 4.38. The van der Waals surface area contributed by atoms with Crippen molar-refractivity contribution in [2.45, 2.75) is 13.8 Å². The van der Waals surface area contributed by atoms with Crippen molar-refractivity contribution in [3.05, 3.63) is 66.4 Å². The van der Waals surface area contributed by atoms with Crippen LogP contribution >= 0.6 is 0 Å². The number of nitrogens with zero attached hydrogens (tertiary/aromatic N) is 2. The van der Waals surface area contributed by atoms with Crippen molar-refractivity contribution in [2.75, 3.05) is 13.1 Å². The normalized spacial score (nSPS) is 10.7. The Morgan fingerprint density at radius 1 is 0.957 bits per heavy atom. The zero-order valence-electron chi connectivity index (χ0n) is 13.5. The first-order valence-electron chi connectivity index (χ1n) is 7.99. The third-order valence-electron chi connectivity index (χ3n) is 4.06. The molecule has 0 N–H and O–H groups in total. The number of para-hydroxylation sites is 1. The van der Waals surface area contributed by atoms with E-state index in [1.165, 1.54) is 0 Å². The number of carbonyl (C=O) groups excluding carboxylic acids is 1. The fourth-order valence-corrected chi connectivity index (χ4v) is 2.78. The second-order valence-electron chi connectivity index (χ2n) is 5.42. The SMILES string of the molecule is CCN(CC)C(=O)c1nc2ccccc2cc1-c1ccccc1. The van der Waals surface area contributed by atoms with Gasteiger partial charge in [0.15, 0.2) is 0 Å². The van der Waals surface area contributed by atoms with Gasteiger partial charge in [0.1, 0.15) is 5.69 Å². The van der Waals surface area contributed by atoms with Gasteiger partial charge in [-0.15, -0.1) is 0 Å². The van der Waals surface area contributed by atoms with E-state index in [1.54, 1.807) is 0 Å². The van der Waals surface area contributed by atoms with Crippen LogP contribution in [0.15, 0.2) is 60.7 Å². The predicted molar refractivity (Wildman–Crippen MR) is 94.4 cm³/mol. The molecule has 0 atom stereocenters. The summed E-state index contributed by atoms with van der Waals surface area (Å²) in [6.07, 6.45) is 0. The van der Waals surface area contributed by atoms with E-state index in [4.69, 9.17) is 0 Å². The van der Waals surface area contributed by atoms with Gasteiger partial charge in [0.2, 0.25) is 0 Å². The minimum Gasteiger partial charge on any atom is -0.338 e. The third-order valence-corrected chi connectivity index (χ3v) is 4.06. The summed E-state index contributed by atoms with van der Waals surface area (Å²) in [4.78, 5) is 19.4. The smallest absolute Gasteiger partial charge is 0.273 e. The summed E-state index contributed by atoms with van der Waals surface area (Å²) >= 11 is 0. The van der Waals surface area contributed by atoms with Crippen LogP contribution < -0.4 is 0 Å². The molecule has 116 valence electrons. The Morgan fingerprint density at radius 2 is 1.61 bits per heavy atom. The predicted octanol–water partition coefficient (Wildman–Crippen LogP) is 4.38. The van der Waals surface area contributed by atoms with E-state index in [9.17, 15) is 4.79 Å².